The first-order valence-electron chi connectivity index (χ1n) is 11.3. The van der Waals surface area contributed by atoms with Gasteiger partial charge in [-0.2, -0.15) is 0 Å². The summed E-state index contributed by atoms with van der Waals surface area (Å²) in [4.78, 5) is 0. The second kappa shape index (κ2) is 10.9. The quantitative estimate of drug-likeness (QED) is 0.320. The molecule has 0 aromatic heterocycles. The highest BCUT2D eigenvalue weighted by Gasteiger charge is 2.15. The van der Waals surface area contributed by atoms with Crippen LogP contribution in [0.2, 0.25) is 0 Å². The summed E-state index contributed by atoms with van der Waals surface area (Å²) in [6, 6.07) is 16.8. The first kappa shape index (κ1) is 24.9. The summed E-state index contributed by atoms with van der Waals surface area (Å²) in [7, 11) is 5.02. The van der Waals surface area contributed by atoms with Crippen LogP contribution < -0.4 is 14.2 Å². The molecule has 0 bridgehead atoms. The molecule has 3 aromatic carbocycles. The van der Waals surface area contributed by atoms with Gasteiger partial charge in [0.25, 0.3) is 0 Å². The number of methoxy groups -OCH3 is 3. The van der Waals surface area contributed by atoms with E-state index in [2.05, 4.69) is 69.0 Å². The number of hydrogen-bond acceptors (Lipinski definition) is 3. The van der Waals surface area contributed by atoms with Crippen LogP contribution in [0.1, 0.15) is 48.6 Å². The van der Waals surface area contributed by atoms with Gasteiger partial charge in [-0.15, -0.1) is 0 Å². The average molecular weight is 455 g/mol. The smallest absolute Gasteiger partial charge is 0.161 e. The molecule has 3 heteroatoms. The SMILES string of the molecule is C=C(C)c1cc(OC)c(OC)cc1/C=C(\C)c1cc(-c2ccc(C)cc2)c(OC)cc1/C=C\C. The molecular formula is C31H34O3. The third-order valence-electron chi connectivity index (χ3n) is 5.89. The Bertz CT molecular complexity index is 1240. The van der Waals surface area contributed by atoms with Gasteiger partial charge < -0.3 is 14.2 Å². The molecule has 0 radical (unpaired) electrons. The van der Waals surface area contributed by atoms with Gasteiger partial charge in [-0.05, 0) is 85.4 Å². The van der Waals surface area contributed by atoms with Crippen molar-refractivity contribution in [2.75, 3.05) is 21.3 Å². The highest BCUT2D eigenvalue weighted by atomic mass is 16.5. The first-order chi connectivity index (χ1) is 16.3. The molecule has 0 spiro atoms. The van der Waals surface area contributed by atoms with Crippen molar-refractivity contribution in [1.82, 2.24) is 0 Å². The van der Waals surface area contributed by atoms with Crippen molar-refractivity contribution in [3.8, 4) is 28.4 Å². The fraction of sp³-hybridized carbons (Fsp3) is 0.226. The molecular weight excluding hydrogens is 420 g/mol. The zero-order valence-corrected chi connectivity index (χ0v) is 21.3. The van der Waals surface area contributed by atoms with Crippen LogP contribution in [-0.2, 0) is 0 Å². The number of ether oxygens (including phenoxy) is 3. The Balaban J connectivity index is 2.25. The zero-order valence-electron chi connectivity index (χ0n) is 21.3. The van der Waals surface area contributed by atoms with Gasteiger partial charge in [0.05, 0.1) is 21.3 Å². The van der Waals surface area contributed by atoms with E-state index in [-0.39, 0.29) is 0 Å². The van der Waals surface area contributed by atoms with Gasteiger partial charge in [-0.3, -0.25) is 0 Å². The predicted molar refractivity (Wildman–Crippen MR) is 146 cm³/mol. The summed E-state index contributed by atoms with van der Waals surface area (Å²) in [5, 5.41) is 0. The largest absolute Gasteiger partial charge is 0.496 e. The molecule has 0 heterocycles. The second-order valence-corrected chi connectivity index (χ2v) is 8.41. The van der Waals surface area contributed by atoms with E-state index >= 15 is 0 Å². The lowest BCUT2D eigenvalue weighted by Crippen LogP contribution is -1.96. The number of allylic oxidation sites excluding steroid dienone is 3. The molecule has 0 saturated carbocycles. The van der Waals surface area contributed by atoms with Crippen molar-refractivity contribution in [2.24, 2.45) is 0 Å². The standard InChI is InChI=1S/C31H34O3/c1-9-10-24-16-29(32-6)28(23-13-11-21(4)12-14-23)18-27(24)22(5)15-25-17-30(33-7)31(34-8)19-26(25)20(2)3/h9-19H,2H2,1,3-8H3/b10-9-,22-15+. The minimum atomic E-state index is 0.690. The van der Waals surface area contributed by atoms with E-state index < -0.39 is 0 Å². The van der Waals surface area contributed by atoms with Crippen LogP contribution in [0.25, 0.3) is 34.4 Å². The summed E-state index contributed by atoms with van der Waals surface area (Å²) in [5.41, 5.74) is 9.79. The van der Waals surface area contributed by atoms with Gasteiger partial charge in [-0.25, -0.2) is 0 Å². The molecule has 0 saturated heterocycles. The van der Waals surface area contributed by atoms with Crippen molar-refractivity contribution < 1.29 is 14.2 Å². The Hall–Kier alpha value is -3.72. The molecule has 176 valence electrons. The highest BCUT2D eigenvalue weighted by molar-refractivity contribution is 5.90. The molecule has 0 aliphatic carbocycles. The summed E-state index contributed by atoms with van der Waals surface area (Å²) >= 11 is 0. The van der Waals surface area contributed by atoms with E-state index in [0.29, 0.717) is 11.5 Å². The van der Waals surface area contributed by atoms with Crippen molar-refractivity contribution in [2.45, 2.75) is 27.7 Å². The average Bonchev–Trinajstić information content (AvgIpc) is 2.83. The van der Waals surface area contributed by atoms with Crippen molar-refractivity contribution in [3.05, 3.63) is 89.0 Å². The molecule has 3 rings (SSSR count). The van der Waals surface area contributed by atoms with Crippen LogP contribution in [0.4, 0.5) is 0 Å². The van der Waals surface area contributed by atoms with Gasteiger partial charge in [0, 0.05) is 5.56 Å². The lowest BCUT2D eigenvalue weighted by atomic mass is 9.91. The fourth-order valence-electron chi connectivity index (χ4n) is 4.08. The second-order valence-electron chi connectivity index (χ2n) is 8.41. The molecule has 0 unspecified atom stereocenters. The van der Waals surface area contributed by atoms with Crippen molar-refractivity contribution >= 4 is 23.3 Å². The van der Waals surface area contributed by atoms with Gasteiger partial charge in [0.15, 0.2) is 11.5 Å². The molecule has 0 N–H and O–H groups in total. The Labute approximate surface area is 204 Å². The maximum absolute atomic E-state index is 5.78. The number of aryl methyl sites for hydroxylation is 1. The Kier molecular flexibility index (Phi) is 8.01. The summed E-state index contributed by atoms with van der Waals surface area (Å²) < 4.78 is 16.9. The maximum Gasteiger partial charge on any atom is 0.161 e. The van der Waals surface area contributed by atoms with Crippen LogP contribution in [0.15, 0.2) is 61.2 Å². The molecule has 3 nitrogen and oxygen atoms in total. The van der Waals surface area contributed by atoms with E-state index in [1.165, 1.54) is 5.56 Å². The van der Waals surface area contributed by atoms with Gasteiger partial charge in [0.1, 0.15) is 5.75 Å². The van der Waals surface area contributed by atoms with E-state index in [0.717, 1.165) is 50.3 Å². The Morgan fingerprint density at radius 3 is 1.91 bits per heavy atom. The monoisotopic (exact) mass is 454 g/mol. The van der Waals surface area contributed by atoms with E-state index in [9.17, 15) is 0 Å². The van der Waals surface area contributed by atoms with Crippen molar-refractivity contribution in [3.63, 3.8) is 0 Å². The molecule has 0 amide bonds. The molecule has 0 aliphatic rings. The first-order valence-corrected chi connectivity index (χ1v) is 11.3. The van der Waals surface area contributed by atoms with Crippen LogP contribution in [-0.4, -0.2) is 21.3 Å². The Morgan fingerprint density at radius 2 is 1.35 bits per heavy atom. The predicted octanol–water partition coefficient (Wildman–Crippen LogP) is 8.31. The minimum Gasteiger partial charge on any atom is -0.496 e. The molecule has 34 heavy (non-hydrogen) atoms. The summed E-state index contributed by atoms with van der Waals surface area (Å²) in [6.45, 7) is 12.4. The maximum atomic E-state index is 5.78. The third-order valence-corrected chi connectivity index (χ3v) is 5.89. The van der Waals surface area contributed by atoms with Gasteiger partial charge in [-0.1, -0.05) is 60.2 Å². The van der Waals surface area contributed by atoms with Crippen molar-refractivity contribution in [1.29, 1.82) is 0 Å². The van der Waals surface area contributed by atoms with Gasteiger partial charge in [0.2, 0.25) is 0 Å². The van der Waals surface area contributed by atoms with Crippen LogP contribution in [0, 0.1) is 6.92 Å². The number of rotatable bonds is 8. The van der Waals surface area contributed by atoms with E-state index in [1.807, 2.05) is 32.1 Å². The summed E-state index contributed by atoms with van der Waals surface area (Å²) in [5.74, 6) is 2.23. The summed E-state index contributed by atoms with van der Waals surface area (Å²) in [6.07, 6.45) is 6.34. The normalized spacial score (nSPS) is 11.6. The molecule has 3 aromatic rings. The van der Waals surface area contributed by atoms with Gasteiger partial charge >= 0.3 is 0 Å². The van der Waals surface area contributed by atoms with Crippen LogP contribution in [0.5, 0.6) is 17.2 Å². The Morgan fingerprint density at radius 1 is 0.765 bits per heavy atom. The topological polar surface area (TPSA) is 27.7 Å². The number of hydrogen-bond donors (Lipinski definition) is 0. The highest BCUT2D eigenvalue weighted by Crippen LogP contribution is 2.38. The molecule has 0 atom stereocenters. The lowest BCUT2D eigenvalue weighted by molar-refractivity contribution is 0.355. The fourth-order valence-corrected chi connectivity index (χ4v) is 4.08. The van der Waals surface area contributed by atoms with E-state index in [1.54, 1.807) is 21.3 Å². The van der Waals surface area contributed by atoms with Crippen LogP contribution >= 0.6 is 0 Å². The minimum absolute atomic E-state index is 0.690. The third kappa shape index (κ3) is 5.26. The zero-order chi connectivity index (χ0) is 24.8. The van der Waals surface area contributed by atoms with E-state index in [4.69, 9.17) is 14.2 Å². The molecule has 0 aliphatic heterocycles. The lowest BCUT2D eigenvalue weighted by Gasteiger charge is -2.17. The number of benzene rings is 3. The van der Waals surface area contributed by atoms with Crippen LogP contribution in [0.3, 0.4) is 0 Å². The molecule has 0 fully saturated rings.